The van der Waals surface area contributed by atoms with E-state index in [1.807, 2.05) is 31.2 Å². The van der Waals surface area contributed by atoms with E-state index in [0.717, 1.165) is 10.9 Å². The van der Waals surface area contributed by atoms with E-state index < -0.39 is 12.3 Å². The molecule has 0 aliphatic carbocycles. The van der Waals surface area contributed by atoms with E-state index in [4.69, 9.17) is 9.15 Å². The van der Waals surface area contributed by atoms with Gasteiger partial charge in [-0.05, 0) is 43.7 Å². The molecule has 2 heterocycles. The fourth-order valence-corrected chi connectivity index (χ4v) is 3.43. The maximum Gasteiger partial charge on any atom is 0.336 e. The number of aromatic carboxylic acids is 1. The lowest BCUT2D eigenvalue weighted by Gasteiger charge is -2.12. The SMILES string of the molecule is Cc1c(-c2cc(C(=O)O)c3cc(OC(C)F)cc(C)c3n2)oc2ccccc12. The van der Waals surface area contributed by atoms with E-state index in [1.54, 1.807) is 13.0 Å². The molecular weight excluding hydrogens is 361 g/mol. The largest absolute Gasteiger partial charge is 0.478 e. The van der Waals surface area contributed by atoms with Crippen molar-refractivity contribution < 1.29 is 23.4 Å². The minimum atomic E-state index is -1.50. The third kappa shape index (κ3) is 2.97. The third-order valence-electron chi connectivity index (χ3n) is 4.68. The van der Waals surface area contributed by atoms with E-state index in [2.05, 4.69) is 4.98 Å². The highest BCUT2D eigenvalue weighted by molar-refractivity contribution is 6.05. The maximum atomic E-state index is 13.2. The van der Waals surface area contributed by atoms with Gasteiger partial charge in [0.15, 0.2) is 5.76 Å². The standard InChI is InChI=1S/C22H18FNO4/c1-11-8-14(27-13(3)23)9-16-17(22(25)26)10-18(24-20(11)16)21-12(2)15-6-4-5-7-19(15)28-21/h4-10,13H,1-3H3,(H,25,26). The summed E-state index contributed by atoms with van der Waals surface area (Å²) in [7, 11) is 0. The van der Waals surface area contributed by atoms with Crippen LogP contribution in [0.5, 0.6) is 5.75 Å². The molecule has 0 radical (unpaired) electrons. The molecule has 0 saturated heterocycles. The zero-order chi connectivity index (χ0) is 20.0. The number of alkyl halides is 1. The molecule has 28 heavy (non-hydrogen) atoms. The first kappa shape index (κ1) is 18.0. The van der Waals surface area contributed by atoms with Crippen LogP contribution in [0.3, 0.4) is 0 Å². The molecule has 1 unspecified atom stereocenters. The minimum Gasteiger partial charge on any atom is -0.478 e. The average molecular weight is 379 g/mol. The van der Waals surface area contributed by atoms with Gasteiger partial charge in [-0.2, -0.15) is 0 Å². The molecule has 0 aliphatic rings. The third-order valence-corrected chi connectivity index (χ3v) is 4.68. The van der Waals surface area contributed by atoms with Gasteiger partial charge in [0.1, 0.15) is 17.0 Å². The van der Waals surface area contributed by atoms with E-state index >= 15 is 0 Å². The topological polar surface area (TPSA) is 72.6 Å². The normalized spacial score (nSPS) is 12.4. The van der Waals surface area contributed by atoms with Crippen molar-refractivity contribution >= 4 is 27.8 Å². The summed E-state index contributed by atoms with van der Waals surface area (Å²) in [6, 6.07) is 12.2. The van der Waals surface area contributed by atoms with Gasteiger partial charge in [0.05, 0.1) is 11.1 Å². The monoisotopic (exact) mass is 379 g/mol. The number of carbonyl (C=O) groups is 1. The number of aryl methyl sites for hydroxylation is 2. The lowest BCUT2D eigenvalue weighted by Crippen LogP contribution is -2.06. The van der Waals surface area contributed by atoms with Gasteiger partial charge in [-0.1, -0.05) is 18.2 Å². The van der Waals surface area contributed by atoms with Crippen LogP contribution in [0.2, 0.25) is 0 Å². The number of carboxylic acid groups (broad SMARTS) is 1. The molecule has 0 saturated carbocycles. The molecule has 1 atom stereocenters. The number of furan rings is 1. The number of hydrogen-bond acceptors (Lipinski definition) is 4. The Morgan fingerprint density at radius 2 is 1.93 bits per heavy atom. The summed E-state index contributed by atoms with van der Waals surface area (Å²) in [4.78, 5) is 16.6. The second kappa shape index (κ2) is 6.64. The molecule has 2 aromatic carbocycles. The van der Waals surface area contributed by atoms with E-state index in [1.165, 1.54) is 19.1 Å². The number of carboxylic acids is 1. The molecule has 5 nitrogen and oxygen atoms in total. The highest BCUT2D eigenvalue weighted by Gasteiger charge is 2.20. The number of nitrogens with zero attached hydrogens (tertiary/aromatic N) is 1. The van der Waals surface area contributed by atoms with Gasteiger partial charge in [-0.15, -0.1) is 0 Å². The van der Waals surface area contributed by atoms with Gasteiger partial charge in [0, 0.05) is 23.3 Å². The molecular formula is C22H18FNO4. The molecule has 0 spiro atoms. The molecule has 6 heteroatoms. The first-order valence-corrected chi connectivity index (χ1v) is 8.83. The second-order valence-corrected chi connectivity index (χ2v) is 6.71. The van der Waals surface area contributed by atoms with Crippen molar-refractivity contribution in [1.29, 1.82) is 0 Å². The molecule has 1 N–H and O–H groups in total. The first-order valence-electron chi connectivity index (χ1n) is 8.83. The number of para-hydroxylation sites is 1. The smallest absolute Gasteiger partial charge is 0.336 e. The Morgan fingerprint density at radius 3 is 2.61 bits per heavy atom. The number of halogens is 1. The van der Waals surface area contributed by atoms with Crippen LogP contribution in [0.25, 0.3) is 33.3 Å². The number of ether oxygens (including phenoxy) is 1. The number of aromatic nitrogens is 1. The van der Waals surface area contributed by atoms with E-state index in [0.29, 0.717) is 33.5 Å². The van der Waals surface area contributed by atoms with Crippen LogP contribution in [0.4, 0.5) is 4.39 Å². The zero-order valence-electron chi connectivity index (χ0n) is 15.6. The molecule has 0 amide bonds. The lowest BCUT2D eigenvalue weighted by atomic mass is 10.0. The van der Waals surface area contributed by atoms with Gasteiger partial charge < -0.3 is 14.3 Å². The first-order chi connectivity index (χ1) is 13.3. The lowest BCUT2D eigenvalue weighted by molar-refractivity contribution is 0.0699. The summed E-state index contributed by atoms with van der Waals surface area (Å²) in [5.74, 6) is -0.313. The number of fused-ring (bicyclic) bond motifs is 2. The van der Waals surface area contributed by atoms with E-state index in [-0.39, 0.29) is 11.3 Å². The highest BCUT2D eigenvalue weighted by atomic mass is 19.1. The maximum absolute atomic E-state index is 13.2. The Hall–Kier alpha value is -3.41. The average Bonchev–Trinajstić information content (AvgIpc) is 2.97. The molecule has 0 bridgehead atoms. The summed E-state index contributed by atoms with van der Waals surface area (Å²) in [6.07, 6.45) is -1.50. The molecule has 4 aromatic rings. The van der Waals surface area contributed by atoms with Crippen LogP contribution in [0, 0.1) is 13.8 Å². The Balaban J connectivity index is 1.99. The predicted molar refractivity (Wildman–Crippen MR) is 105 cm³/mol. The van der Waals surface area contributed by atoms with Gasteiger partial charge in [0.2, 0.25) is 6.36 Å². The van der Waals surface area contributed by atoms with Crippen LogP contribution in [0.15, 0.2) is 46.9 Å². The van der Waals surface area contributed by atoms with Crippen LogP contribution in [0.1, 0.15) is 28.4 Å². The quantitative estimate of drug-likeness (QED) is 0.495. The van der Waals surface area contributed by atoms with Crippen molar-refractivity contribution in [2.75, 3.05) is 0 Å². The van der Waals surface area contributed by atoms with Crippen molar-refractivity contribution in [3.05, 3.63) is 59.2 Å². The van der Waals surface area contributed by atoms with Gasteiger partial charge in [0.25, 0.3) is 0 Å². The summed E-state index contributed by atoms with van der Waals surface area (Å²) in [6.45, 7) is 4.97. The van der Waals surface area contributed by atoms with Crippen molar-refractivity contribution in [1.82, 2.24) is 4.98 Å². The molecule has 2 aromatic heterocycles. The molecule has 142 valence electrons. The van der Waals surface area contributed by atoms with Gasteiger partial charge >= 0.3 is 5.97 Å². The highest BCUT2D eigenvalue weighted by Crippen LogP contribution is 2.35. The summed E-state index contributed by atoms with van der Waals surface area (Å²) < 4.78 is 24.3. The Morgan fingerprint density at radius 1 is 1.18 bits per heavy atom. The van der Waals surface area contributed by atoms with Crippen molar-refractivity contribution in [2.45, 2.75) is 27.1 Å². The molecule has 0 fully saturated rings. The van der Waals surface area contributed by atoms with E-state index in [9.17, 15) is 14.3 Å². The number of pyridine rings is 1. The zero-order valence-corrected chi connectivity index (χ0v) is 15.6. The summed E-state index contributed by atoms with van der Waals surface area (Å²) in [5.41, 5.74) is 3.29. The van der Waals surface area contributed by atoms with Crippen LogP contribution in [-0.4, -0.2) is 22.4 Å². The van der Waals surface area contributed by atoms with Crippen LogP contribution >= 0.6 is 0 Å². The van der Waals surface area contributed by atoms with Crippen molar-refractivity contribution in [2.24, 2.45) is 0 Å². The Bertz CT molecular complexity index is 1230. The van der Waals surface area contributed by atoms with Gasteiger partial charge in [-0.3, -0.25) is 0 Å². The summed E-state index contributed by atoms with van der Waals surface area (Å²) in [5, 5.41) is 11.1. The minimum absolute atomic E-state index is 0.0555. The number of rotatable bonds is 4. The Labute approximate surface area is 160 Å². The fourth-order valence-electron chi connectivity index (χ4n) is 3.43. The van der Waals surface area contributed by atoms with Crippen molar-refractivity contribution in [3.8, 4) is 17.2 Å². The molecule has 4 rings (SSSR count). The molecule has 0 aliphatic heterocycles. The summed E-state index contributed by atoms with van der Waals surface area (Å²) >= 11 is 0. The van der Waals surface area contributed by atoms with Gasteiger partial charge in [-0.25, -0.2) is 14.2 Å². The van der Waals surface area contributed by atoms with Crippen molar-refractivity contribution in [3.63, 3.8) is 0 Å². The second-order valence-electron chi connectivity index (χ2n) is 6.71. The van der Waals surface area contributed by atoms with Crippen LogP contribution in [-0.2, 0) is 0 Å². The number of hydrogen-bond donors (Lipinski definition) is 1. The number of benzene rings is 2. The predicted octanol–water partition coefficient (Wildman–Crippen LogP) is 5.66. The van der Waals surface area contributed by atoms with Crippen LogP contribution < -0.4 is 4.74 Å². The Kier molecular flexibility index (Phi) is 4.26. The fraction of sp³-hybridized carbons (Fsp3) is 0.182.